The third kappa shape index (κ3) is 3.80. The van der Waals surface area contributed by atoms with E-state index in [0.29, 0.717) is 22.6 Å². The SMILES string of the molecule is CN(C)c1nc(Cl)nc(Nc2ccc(I)cc2Cl)n1. The molecular weight excluding hydrogens is 400 g/mol. The van der Waals surface area contributed by atoms with Gasteiger partial charge < -0.3 is 10.2 Å². The lowest BCUT2D eigenvalue weighted by molar-refractivity contribution is 0.961. The van der Waals surface area contributed by atoms with Crippen LogP contribution in [-0.2, 0) is 0 Å². The molecule has 1 aromatic carbocycles. The average molecular weight is 410 g/mol. The number of halogens is 3. The maximum Gasteiger partial charge on any atom is 0.233 e. The highest BCUT2D eigenvalue weighted by Gasteiger charge is 2.08. The normalized spacial score (nSPS) is 10.4. The molecule has 100 valence electrons. The maximum atomic E-state index is 6.14. The summed E-state index contributed by atoms with van der Waals surface area (Å²) in [7, 11) is 3.65. The summed E-state index contributed by atoms with van der Waals surface area (Å²) < 4.78 is 1.05. The molecule has 0 bridgehead atoms. The highest BCUT2D eigenvalue weighted by molar-refractivity contribution is 14.1. The van der Waals surface area contributed by atoms with Crippen LogP contribution in [0.15, 0.2) is 18.2 Å². The van der Waals surface area contributed by atoms with Gasteiger partial charge in [-0.2, -0.15) is 15.0 Å². The molecule has 1 aromatic heterocycles. The number of hydrogen-bond donors (Lipinski definition) is 1. The van der Waals surface area contributed by atoms with Crippen LogP contribution in [0, 0.1) is 3.57 Å². The fraction of sp³-hybridized carbons (Fsp3) is 0.182. The Hall–Kier alpha value is -0.860. The first-order chi connectivity index (χ1) is 8.95. The summed E-state index contributed by atoms with van der Waals surface area (Å²) in [5.74, 6) is 0.830. The van der Waals surface area contributed by atoms with Gasteiger partial charge in [-0.1, -0.05) is 11.6 Å². The monoisotopic (exact) mass is 409 g/mol. The Kier molecular flexibility index (Phi) is 4.64. The number of benzene rings is 1. The van der Waals surface area contributed by atoms with E-state index in [9.17, 15) is 0 Å². The molecule has 1 N–H and O–H groups in total. The molecule has 0 atom stereocenters. The minimum Gasteiger partial charge on any atom is -0.347 e. The lowest BCUT2D eigenvalue weighted by Crippen LogP contribution is -2.14. The standard InChI is InChI=1S/C11H10Cl2IN5/c1-19(2)11-17-9(13)16-10(18-11)15-8-4-3-6(14)5-7(8)12/h3-5H,1-2H3,(H,15,16,17,18). The first-order valence-corrected chi connectivity index (χ1v) is 7.10. The zero-order chi connectivity index (χ0) is 14.0. The van der Waals surface area contributed by atoms with E-state index in [4.69, 9.17) is 23.2 Å². The van der Waals surface area contributed by atoms with Crippen LogP contribution >= 0.6 is 45.8 Å². The van der Waals surface area contributed by atoms with E-state index in [1.165, 1.54) is 0 Å². The lowest BCUT2D eigenvalue weighted by atomic mass is 10.3. The van der Waals surface area contributed by atoms with Crippen molar-refractivity contribution in [3.05, 3.63) is 32.1 Å². The summed E-state index contributed by atoms with van der Waals surface area (Å²) in [5, 5.41) is 3.75. The molecule has 0 fully saturated rings. The Balaban J connectivity index is 2.32. The van der Waals surface area contributed by atoms with Crippen molar-refractivity contribution in [3.63, 3.8) is 0 Å². The highest BCUT2D eigenvalue weighted by atomic mass is 127. The van der Waals surface area contributed by atoms with Gasteiger partial charge in [-0.3, -0.25) is 0 Å². The van der Waals surface area contributed by atoms with E-state index in [1.54, 1.807) is 4.90 Å². The Bertz CT molecular complexity index is 606. The van der Waals surface area contributed by atoms with Crippen LogP contribution < -0.4 is 10.2 Å². The lowest BCUT2D eigenvalue weighted by Gasteiger charge is -2.12. The van der Waals surface area contributed by atoms with E-state index in [1.807, 2.05) is 32.3 Å². The van der Waals surface area contributed by atoms with Gasteiger partial charge in [0.2, 0.25) is 17.2 Å². The van der Waals surface area contributed by atoms with E-state index in [-0.39, 0.29) is 5.28 Å². The van der Waals surface area contributed by atoms with Crippen LogP contribution in [0.3, 0.4) is 0 Å². The van der Waals surface area contributed by atoms with Crippen molar-refractivity contribution >= 4 is 63.4 Å². The quantitative estimate of drug-likeness (QED) is 0.785. The van der Waals surface area contributed by atoms with Gasteiger partial charge >= 0.3 is 0 Å². The molecule has 0 radical (unpaired) electrons. The second-order valence-corrected chi connectivity index (χ2v) is 5.86. The summed E-state index contributed by atoms with van der Waals surface area (Å²) >= 11 is 14.2. The molecule has 19 heavy (non-hydrogen) atoms. The molecule has 1 heterocycles. The molecule has 0 aliphatic carbocycles. The van der Waals surface area contributed by atoms with Crippen LogP contribution in [0.1, 0.15) is 0 Å². The fourth-order valence-electron chi connectivity index (χ4n) is 1.31. The molecule has 2 rings (SSSR count). The molecule has 0 unspecified atom stereocenters. The van der Waals surface area contributed by atoms with Crippen molar-refractivity contribution in [1.82, 2.24) is 15.0 Å². The third-order valence-corrected chi connectivity index (χ3v) is 3.33. The fourth-order valence-corrected chi connectivity index (χ4v) is 2.37. The van der Waals surface area contributed by atoms with E-state index < -0.39 is 0 Å². The average Bonchev–Trinajstić information content (AvgIpc) is 2.32. The Morgan fingerprint density at radius 3 is 2.53 bits per heavy atom. The maximum absolute atomic E-state index is 6.14. The van der Waals surface area contributed by atoms with Crippen molar-refractivity contribution in [2.24, 2.45) is 0 Å². The number of hydrogen-bond acceptors (Lipinski definition) is 5. The van der Waals surface area contributed by atoms with Crippen LogP contribution in [0.25, 0.3) is 0 Å². The van der Waals surface area contributed by atoms with E-state index >= 15 is 0 Å². The first-order valence-electron chi connectivity index (χ1n) is 5.26. The van der Waals surface area contributed by atoms with Gasteiger partial charge in [0, 0.05) is 17.7 Å². The molecule has 0 saturated heterocycles. The Morgan fingerprint density at radius 2 is 1.89 bits per heavy atom. The van der Waals surface area contributed by atoms with Gasteiger partial charge in [0.05, 0.1) is 10.7 Å². The molecule has 0 aliphatic heterocycles. The van der Waals surface area contributed by atoms with Crippen LogP contribution in [0.2, 0.25) is 10.3 Å². The summed E-state index contributed by atoms with van der Waals surface area (Å²) in [4.78, 5) is 14.0. The number of rotatable bonds is 3. The van der Waals surface area contributed by atoms with E-state index in [0.717, 1.165) is 3.57 Å². The van der Waals surface area contributed by atoms with E-state index in [2.05, 4.69) is 42.9 Å². The summed E-state index contributed by atoms with van der Waals surface area (Å²) in [5.41, 5.74) is 0.717. The largest absolute Gasteiger partial charge is 0.347 e. The molecule has 0 amide bonds. The summed E-state index contributed by atoms with van der Waals surface area (Å²) in [6.07, 6.45) is 0. The topological polar surface area (TPSA) is 53.9 Å². The van der Waals surface area contributed by atoms with Gasteiger partial charge in [-0.25, -0.2) is 0 Å². The molecule has 0 saturated carbocycles. The molecule has 2 aromatic rings. The minimum absolute atomic E-state index is 0.128. The molecular formula is C11H10Cl2IN5. The highest BCUT2D eigenvalue weighted by Crippen LogP contribution is 2.26. The molecule has 0 spiro atoms. The van der Waals surface area contributed by atoms with Crippen molar-refractivity contribution < 1.29 is 0 Å². The summed E-state index contributed by atoms with van der Waals surface area (Å²) in [6, 6.07) is 5.64. The molecule has 0 aliphatic rings. The van der Waals surface area contributed by atoms with Gasteiger partial charge in [0.25, 0.3) is 0 Å². The second-order valence-electron chi connectivity index (χ2n) is 3.87. The predicted molar refractivity (Wildman–Crippen MR) is 86.6 cm³/mol. The van der Waals surface area contributed by atoms with Crippen molar-refractivity contribution in [1.29, 1.82) is 0 Å². The number of nitrogens with zero attached hydrogens (tertiary/aromatic N) is 4. The number of anilines is 3. The van der Waals surface area contributed by atoms with Crippen LogP contribution in [0.5, 0.6) is 0 Å². The zero-order valence-corrected chi connectivity index (χ0v) is 13.8. The van der Waals surface area contributed by atoms with Crippen molar-refractivity contribution in [2.45, 2.75) is 0 Å². The minimum atomic E-state index is 0.128. The first kappa shape index (κ1) is 14.5. The number of nitrogens with one attached hydrogen (secondary N) is 1. The second kappa shape index (κ2) is 6.06. The third-order valence-electron chi connectivity index (χ3n) is 2.17. The Morgan fingerprint density at radius 1 is 1.16 bits per heavy atom. The van der Waals surface area contributed by atoms with Crippen molar-refractivity contribution in [3.8, 4) is 0 Å². The van der Waals surface area contributed by atoms with Crippen LogP contribution in [-0.4, -0.2) is 29.0 Å². The smallest absolute Gasteiger partial charge is 0.233 e. The van der Waals surface area contributed by atoms with Gasteiger partial charge in [0.1, 0.15) is 0 Å². The van der Waals surface area contributed by atoms with Crippen molar-refractivity contribution in [2.75, 3.05) is 24.3 Å². The number of aromatic nitrogens is 3. The Labute approximate surface area is 134 Å². The van der Waals surface area contributed by atoms with Crippen LogP contribution in [0.4, 0.5) is 17.6 Å². The van der Waals surface area contributed by atoms with Gasteiger partial charge in [-0.05, 0) is 52.4 Å². The molecule has 8 heteroatoms. The van der Waals surface area contributed by atoms with Gasteiger partial charge in [-0.15, -0.1) is 0 Å². The summed E-state index contributed by atoms with van der Waals surface area (Å²) in [6.45, 7) is 0. The zero-order valence-electron chi connectivity index (χ0n) is 10.2. The molecule has 5 nitrogen and oxygen atoms in total. The van der Waals surface area contributed by atoms with Gasteiger partial charge in [0.15, 0.2) is 0 Å². The predicted octanol–water partition coefficient (Wildman–Crippen LogP) is 3.59.